The number of aliphatic carboxylic acids is 1. The first-order valence-electron chi connectivity index (χ1n) is 5.22. The van der Waals surface area contributed by atoms with Crippen LogP contribution in [0, 0.1) is 0 Å². The molecule has 0 fully saturated rings. The van der Waals surface area contributed by atoms with Gasteiger partial charge in [0.25, 0.3) is 5.91 Å². The van der Waals surface area contributed by atoms with Crippen molar-refractivity contribution < 1.29 is 14.7 Å². The molecule has 8 heteroatoms. The lowest BCUT2D eigenvalue weighted by atomic mass is 10.2. The quantitative estimate of drug-likeness (QED) is 0.576. The molecule has 1 heterocycles. The Morgan fingerprint density at radius 2 is 2.35 bits per heavy atom. The zero-order valence-corrected chi connectivity index (χ0v) is 9.46. The zero-order chi connectivity index (χ0) is 12.8. The van der Waals surface area contributed by atoms with E-state index in [0.29, 0.717) is 19.5 Å². The van der Waals surface area contributed by atoms with Crippen LogP contribution in [0.1, 0.15) is 23.8 Å². The van der Waals surface area contributed by atoms with Crippen LogP contribution in [0.5, 0.6) is 0 Å². The molecule has 0 radical (unpaired) electrons. The highest BCUT2D eigenvalue weighted by molar-refractivity contribution is 5.94. The summed E-state index contributed by atoms with van der Waals surface area (Å²) in [6, 6.07) is -0.915. The molecule has 0 unspecified atom stereocenters. The van der Waals surface area contributed by atoms with E-state index in [1.165, 1.54) is 10.9 Å². The molecular formula is C9H15N5O3. The SMILES string of the molecule is CC[C@@H](NC(=O)c1cn(CCN)nn1)C(=O)O. The molecule has 0 aromatic carbocycles. The van der Waals surface area contributed by atoms with Gasteiger partial charge >= 0.3 is 5.97 Å². The standard InChI is InChI=1S/C9H15N5O3/c1-2-6(9(16)17)11-8(15)7-5-14(4-3-10)13-12-7/h5-6H,2-4,10H2,1H3,(H,11,15)(H,16,17)/t6-/m1/s1. The number of carbonyl (C=O) groups excluding carboxylic acids is 1. The minimum Gasteiger partial charge on any atom is -0.480 e. The predicted octanol–water partition coefficient (Wildman–Crippen LogP) is -1.17. The van der Waals surface area contributed by atoms with Crippen molar-refractivity contribution in [3.63, 3.8) is 0 Å². The maximum Gasteiger partial charge on any atom is 0.326 e. The number of hydrogen-bond acceptors (Lipinski definition) is 5. The second-order valence-corrected chi connectivity index (χ2v) is 3.43. The average Bonchev–Trinajstić information content (AvgIpc) is 2.74. The van der Waals surface area contributed by atoms with Gasteiger partial charge < -0.3 is 16.2 Å². The molecule has 1 aromatic heterocycles. The van der Waals surface area contributed by atoms with Gasteiger partial charge in [0.2, 0.25) is 0 Å². The fraction of sp³-hybridized carbons (Fsp3) is 0.556. The smallest absolute Gasteiger partial charge is 0.326 e. The maximum absolute atomic E-state index is 11.6. The van der Waals surface area contributed by atoms with Crippen molar-refractivity contribution in [2.24, 2.45) is 5.73 Å². The van der Waals surface area contributed by atoms with Gasteiger partial charge in [-0.1, -0.05) is 12.1 Å². The number of amides is 1. The number of nitrogens with two attached hydrogens (primary N) is 1. The number of carboxylic acid groups (broad SMARTS) is 1. The van der Waals surface area contributed by atoms with Crippen LogP contribution in [0.25, 0.3) is 0 Å². The van der Waals surface area contributed by atoms with Gasteiger partial charge in [0.1, 0.15) is 6.04 Å². The number of nitrogens with one attached hydrogen (secondary N) is 1. The van der Waals surface area contributed by atoms with Crippen molar-refractivity contribution in [2.75, 3.05) is 6.54 Å². The molecule has 94 valence electrons. The second-order valence-electron chi connectivity index (χ2n) is 3.43. The van der Waals surface area contributed by atoms with Crippen LogP contribution >= 0.6 is 0 Å². The Bertz CT molecular complexity index is 403. The fourth-order valence-corrected chi connectivity index (χ4v) is 1.21. The molecule has 0 bridgehead atoms. The van der Waals surface area contributed by atoms with E-state index in [0.717, 1.165) is 0 Å². The van der Waals surface area contributed by atoms with E-state index >= 15 is 0 Å². The number of nitrogens with zero attached hydrogens (tertiary/aromatic N) is 3. The molecule has 1 atom stereocenters. The third kappa shape index (κ3) is 3.52. The van der Waals surface area contributed by atoms with Gasteiger partial charge in [-0.2, -0.15) is 0 Å². The summed E-state index contributed by atoms with van der Waals surface area (Å²) in [5.74, 6) is -1.63. The Morgan fingerprint density at radius 3 is 2.88 bits per heavy atom. The summed E-state index contributed by atoms with van der Waals surface area (Å²) >= 11 is 0. The molecule has 0 saturated heterocycles. The Kier molecular flexibility index (Phi) is 4.58. The van der Waals surface area contributed by atoms with Crippen molar-refractivity contribution in [1.82, 2.24) is 20.3 Å². The van der Waals surface area contributed by atoms with E-state index in [1.807, 2.05) is 0 Å². The summed E-state index contributed by atoms with van der Waals surface area (Å²) < 4.78 is 1.43. The average molecular weight is 241 g/mol. The summed E-state index contributed by atoms with van der Waals surface area (Å²) in [4.78, 5) is 22.3. The molecule has 0 spiro atoms. The van der Waals surface area contributed by atoms with Crippen LogP contribution in [0.15, 0.2) is 6.20 Å². The zero-order valence-electron chi connectivity index (χ0n) is 9.46. The summed E-state index contributed by atoms with van der Waals surface area (Å²) in [6.45, 7) is 2.51. The lowest BCUT2D eigenvalue weighted by Crippen LogP contribution is -2.40. The van der Waals surface area contributed by atoms with E-state index in [-0.39, 0.29) is 5.69 Å². The van der Waals surface area contributed by atoms with E-state index in [9.17, 15) is 9.59 Å². The highest BCUT2D eigenvalue weighted by atomic mass is 16.4. The molecule has 8 nitrogen and oxygen atoms in total. The molecule has 1 rings (SSSR count). The normalized spacial score (nSPS) is 12.1. The van der Waals surface area contributed by atoms with Gasteiger partial charge in [0, 0.05) is 6.54 Å². The first-order valence-corrected chi connectivity index (χ1v) is 5.22. The van der Waals surface area contributed by atoms with Gasteiger partial charge in [-0.3, -0.25) is 9.48 Å². The molecule has 0 aliphatic carbocycles. The van der Waals surface area contributed by atoms with Crippen molar-refractivity contribution in [3.8, 4) is 0 Å². The van der Waals surface area contributed by atoms with Crippen LogP contribution in [0.2, 0.25) is 0 Å². The third-order valence-corrected chi connectivity index (χ3v) is 2.14. The van der Waals surface area contributed by atoms with Crippen LogP contribution in [0.3, 0.4) is 0 Å². The molecule has 0 aliphatic heterocycles. The van der Waals surface area contributed by atoms with Gasteiger partial charge in [0.05, 0.1) is 12.7 Å². The molecule has 0 aliphatic rings. The van der Waals surface area contributed by atoms with Crippen LogP contribution in [-0.2, 0) is 11.3 Å². The fourth-order valence-electron chi connectivity index (χ4n) is 1.21. The third-order valence-electron chi connectivity index (χ3n) is 2.14. The number of carbonyl (C=O) groups is 2. The van der Waals surface area contributed by atoms with Gasteiger partial charge in [-0.15, -0.1) is 5.10 Å². The first kappa shape index (κ1) is 13.1. The first-order chi connectivity index (χ1) is 8.08. The molecule has 1 amide bonds. The van der Waals surface area contributed by atoms with E-state index in [2.05, 4.69) is 15.6 Å². The monoisotopic (exact) mass is 241 g/mol. The molecular weight excluding hydrogens is 226 g/mol. The molecule has 17 heavy (non-hydrogen) atoms. The molecule has 1 aromatic rings. The van der Waals surface area contributed by atoms with Gasteiger partial charge in [0.15, 0.2) is 5.69 Å². The lowest BCUT2D eigenvalue weighted by molar-refractivity contribution is -0.139. The largest absolute Gasteiger partial charge is 0.480 e. The minimum absolute atomic E-state index is 0.0816. The van der Waals surface area contributed by atoms with Gasteiger partial charge in [-0.05, 0) is 6.42 Å². The topological polar surface area (TPSA) is 123 Å². The Balaban J connectivity index is 2.65. The lowest BCUT2D eigenvalue weighted by Gasteiger charge is -2.10. The summed E-state index contributed by atoms with van der Waals surface area (Å²) in [5, 5.41) is 18.5. The van der Waals surface area contributed by atoms with Gasteiger partial charge in [-0.25, -0.2) is 4.79 Å². The second kappa shape index (κ2) is 5.94. The Hall–Kier alpha value is -1.96. The molecule has 4 N–H and O–H groups in total. The number of hydrogen-bond donors (Lipinski definition) is 3. The highest BCUT2D eigenvalue weighted by Crippen LogP contribution is 1.97. The maximum atomic E-state index is 11.6. The van der Waals surface area contributed by atoms with E-state index < -0.39 is 17.9 Å². The predicted molar refractivity (Wildman–Crippen MR) is 58.3 cm³/mol. The van der Waals surface area contributed by atoms with E-state index in [1.54, 1.807) is 6.92 Å². The minimum atomic E-state index is -1.07. The van der Waals surface area contributed by atoms with Crippen LogP contribution < -0.4 is 11.1 Å². The van der Waals surface area contributed by atoms with Crippen molar-refractivity contribution in [3.05, 3.63) is 11.9 Å². The number of carboxylic acids is 1. The Labute approximate surface area is 97.8 Å². The van der Waals surface area contributed by atoms with Crippen molar-refractivity contribution in [1.29, 1.82) is 0 Å². The van der Waals surface area contributed by atoms with Crippen LogP contribution in [-0.4, -0.2) is 44.6 Å². The highest BCUT2D eigenvalue weighted by Gasteiger charge is 2.20. The van der Waals surface area contributed by atoms with Crippen LogP contribution in [0.4, 0.5) is 0 Å². The Morgan fingerprint density at radius 1 is 1.65 bits per heavy atom. The van der Waals surface area contributed by atoms with Crippen molar-refractivity contribution in [2.45, 2.75) is 25.9 Å². The van der Waals surface area contributed by atoms with E-state index in [4.69, 9.17) is 10.8 Å². The summed E-state index contributed by atoms with van der Waals surface area (Å²) in [6.07, 6.45) is 1.73. The molecule has 0 saturated carbocycles. The summed E-state index contributed by atoms with van der Waals surface area (Å²) in [5.41, 5.74) is 5.40. The summed E-state index contributed by atoms with van der Waals surface area (Å²) in [7, 11) is 0. The number of aromatic nitrogens is 3. The number of rotatable bonds is 6. The van der Waals surface area contributed by atoms with Crippen molar-refractivity contribution >= 4 is 11.9 Å².